The van der Waals surface area contributed by atoms with E-state index >= 15 is 0 Å². The number of pyridine rings is 1. The predicted molar refractivity (Wildman–Crippen MR) is 91.4 cm³/mol. The number of benzene rings is 2. The molecule has 3 aromatic rings. The van der Waals surface area contributed by atoms with Gasteiger partial charge in [0.05, 0.1) is 11.9 Å². The molecule has 25 heavy (non-hydrogen) atoms. The minimum Gasteiger partial charge on any atom is -0.457 e. The van der Waals surface area contributed by atoms with E-state index in [1.165, 1.54) is 18.2 Å². The Morgan fingerprint density at radius 1 is 1.08 bits per heavy atom. The Bertz CT molecular complexity index is 896. The van der Waals surface area contributed by atoms with Gasteiger partial charge in [-0.1, -0.05) is 36.4 Å². The Morgan fingerprint density at radius 3 is 2.68 bits per heavy atom. The zero-order valence-corrected chi connectivity index (χ0v) is 13.7. The first-order valence-electron chi connectivity index (χ1n) is 7.94. The van der Waals surface area contributed by atoms with Gasteiger partial charge in [0.15, 0.2) is 0 Å². The third kappa shape index (κ3) is 4.18. The second kappa shape index (κ2) is 7.38. The molecule has 0 aliphatic rings. The van der Waals surface area contributed by atoms with Crippen molar-refractivity contribution in [1.82, 2.24) is 4.98 Å². The van der Waals surface area contributed by atoms with Gasteiger partial charge >= 0.3 is 5.97 Å². The van der Waals surface area contributed by atoms with Crippen LogP contribution in [0.4, 0.5) is 8.78 Å². The Morgan fingerprint density at radius 2 is 1.88 bits per heavy atom. The topological polar surface area (TPSA) is 39.2 Å². The van der Waals surface area contributed by atoms with E-state index in [-0.39, 0.29) is 12.0 Å². The SMILES string of the molecule is C[C@@H](OC(=O)Cc1cccc(C(F)F)c1)c1cnc2ccccc2c1. The molecule has 0 radical (unpaired) electrons. The highest BCUT2D eigenvalue weighted by Gasteiger charge is 2.14. The molecule has 1 atom stereocenters. The van der Waals surface area contributed by atoms with Crippen LogP contribution in [0.25, 0.3) is 10.9 Å². The minimum absolute atomic E-state index is 0.0497. The lowest BCUT2D eigenvalue weighted by atomic mass is 10.1. The Hall–Kier alpha value is -2.82. The van der Waals surface area contributed by atoms with Crippen LogP contribution in [0.5, 0.6) is 0 Å². The van der Waals surface area contributed by atoms with E-state index in [2.05, 4.69) is 4.98 Å². The first kappa shape index (κ1) is 17.0. The number of ether oxygens (including phenoxy) is 1. The second-order valence-electron chi connectivity index (χ2n) is 5.82. The van der Waals surface area contributed by atoms with E-state index < -0.39 is 18.5 Å². The first-order chi connectivity index (χ1) is 12.0. The summed E-state index contributed by atoms with van der Waals surface area (Å²) < 4.78 is 30.9. The lowest BCUT2D eigenvalue weighted by Crippen LogP contribution is -2.12. The maximum absolute atomic E-state index is 12.7. The number of rotatable bonds is 5. The number of fused-ring (bicyclic) bond motifs is 1. The van der Waals surface area contributed by atoms with Crippen LogP contribution in [-0.4, -0.2) is 11.0 Å². The Labute approximate surface area is 144 Å². The fourth-order valence-corrected chi connectivity index (χ4v) is 2.62. The summed E-state index contributed by atoms with van der Waals surface area (Å²) in [7, 11) is 0. The summed E-state index contributed by atoms with van der Waals surface area (Å²) in [5.41, 5.74) is 2.06. The summed E-state index contributed by atoms with van der Waals surface area (Å²) in [6.45, 7) is 1.76. The van der Waals surface area contributed by atoms with Gasteiger partial charge in [0.25, 0.3) is 6.43 Å². The Balaban J connectivity index is 1.68. The zero-order chi connectivity index (χ0) is 17.8. The molecule has 0 bridgehead atoms. The van der Waals surface area contributed by atoms with E-state index in [4.69, 9.17) is 4.74 Å². The Kier molecular flexibility index (Phi) is 5.03. The highest BCUT2D eigenvalue weighted by molar-refractivity contribution is 5.79. The van der Waals surface area contributed by atoms with Crippen LogP contribution < -0.4 is 0 Å². The molecule has 2 aromatic carbocycles. The van der Waals surface area contributed by atoms with Crippen LogP contribution in [-0.2, 0) is 16.0 Å². The summed E-state index contributed by atoms with van der Waals surface area (Å²) in [6.07, 6.45) is -1.40. The molecular weight excluding hydrogens is 324 g/mol. The molecule has 0 N–H and O–H groups in total. The van der Waals surface area contributed by atoms with Crippen LogP contribution in [0.1, 0.15) is 36.1 Å². The average Bonchev–Trinajstić information content (AvgIpc) is 2.61. The number of hydrogen-bond donors (Lipinski definition) is 0. The fourth-order valence-electron chi connectivity index (χ4n) is 2.62. The lowest BCUT2D eigenvalue weighted by molar-refractivity contribution is -0.147. The lowest BCUT2D eigenvalue weighted by Gasteiger charge is -2.14. The molecule has 1 heterocycles. The van der Waals surface area contributed by atoms with E-state index in [0.29, 0.717) is 5.56 Å². The molecule has 0 spiro atoms. The maximum atomic E-state index is 12.7. The molecule has 0 aliphatic carbocycles. The largest absolute Gasteiger partial charge is 0.457 e. The number of aromatic nitrogens is 1. The van der Waals surface area contributed by atoms with Crippen molar-refractivity contribution in [2.24, 2.45) is 0 Å². The molecule has 128 valence electrons. The van der Waals surface area contributed by atoms with Crippen molar-refractivity contribution in [3.05, 3.63) is 77.5 Å². The number of hydrogen-bond acceptors (Lipinski definition) is 3. The van der Waals surface area contributed by atoms with Crippen LogP contribution in [0.3, 0.4) is 0 Å². The van der Waals surface area contributed by atoms with Gasteiger partial charge in [-0.3, -0.25) is 9.78 Å². The standard InChI is InChI=1S/C20H17F2NO2/c1-13(17-11-15-6-2-3-8-18(15)23-12-17)25-19(24)10-14-5-4-7-16(9-14)20(21)22/h2-9,11-13,20H,10H2,1H3/t13-/m1/s1. The van der Waals surface area contributed by atoms with Crippen LogP contribution in [0, 0.1) is 0 Å². The van der Waals surface area contributed by atoms with Gasteiger partial charge in [-0.15, -0.1) is 0 Å². The van der Waals surface area contributed by atoms with E-state index in [9.17, 15) is 13.6 Å². The number of nitrogens with zero attached hydrogens (tertiary/aromatic N) is 1. The molecular formula is C20H17F2NO2. The minimum atomic E-state index is -2.56. The van der Waals surface area contributed by atoms with Crippen LogP contribution in [0.15, 0.2) is 60.8 Å². The van der Waals surface area contributed by atoms with Gasteiger partial charge in [0.1, 0.15) is 6.10 Å². The molecule has 3 rings (SSSR count). The summed E-state index contributed by atoms with van der Waals surface area (Å²) >= 11 is 0. The van der Waals surface area contributed by atoms with Gasteiger partial charge in [0, 0.05) is 22.7 Å². The third-order valence-electron chi connectivity index (χ3n) is 3.94. The molecule has 0 unspecified atom stereocenters. The van der Waals surface area contributed by atoms with Gasteiger partial charge < -0.3 is 4.74 Å². The molecule has 3 nitrogen and oxygen atoms in total. The van der Waals surface area contributed by atoms with E-state index in [1.54, 1.807) is 19.2 Å². The summed E-state index contributed by atoms with van der Waals surface area (Å²) in [4.78, 5) is 16.5. The van der Waals surface area contributed by atoms with Crippen molar-refractivity contribution >= 4 is 16.9 Å². The highest BCUT2D eigenvalue weighted by atomic mass is 19.3. The smallest absolute Gasteiger partial charge is 0.310 e. The maximum Gasteiger partial charge on any atom is 0.310 e. The van der Waals surface area contributed by atoms with E-state index in [0.717, 1.165) is 16.5 Å². The fraction of sp³-hybridized carbons (Fsp3) is 0.200. The molecule has 5 heteroatoms. The van der Waals surface area contributed by atoms with Crippen molar-refractivity contribution in [1.29, 1.82) is 0 Å². The normalized spacial score (nSPS) is 12.3. The molecule has 0 fully saturated rings. The van der Waals surface area contributed by atoms with Crippen LogP contribution >= 0.6 is 0 Å². The van der Waals surface area contributed by atoms with Gasteiger partial charge in [-0.2, -0.15) is 0 Å². The molecule has 0 aliphatic heterocycles. The predicted octanol–water partition coefficient (Wildman–Crippen LogP) is 5.02. The van der Waals surface area contributed by atoms with Crippen molar-refractivity contribution in [2.45, 2.75) is 25.9 Å². The molecule has 0 amide bonds. The van der Waals surface area contributed by atoms with Crippen molar-refractivity contribution in [3.8, 4) is 0 Å². The van der Waals surface area contributed by atoms with Crippen molar-refractivity contribution in [2.75, 3.05) is 0 Å². The van der Waals surface area contributed by atoms with Gasteiger partial charge in [-0.25, -0.2) is 8.78 Å². The first-order valence-corrected chi connectivity index (χ1v) is 7.94. The quantitative estimate of drug-likeness (QED) is 0.612. The average molecular weight is 341 g/mol. The molecule has 0 saturated carbocycles. The number of carbonyl (C=O) groups is 1. The number of para-hydroxylation sites is 1. The second-order valence-corrected chi connectivity index (χ2v) is 5.82. The molecule has 1 aromatic heterocycles. The van der Waals surface area contributed by atoms with Crippen molar-refractivity contribution < 1.29 is 18.3 Å². The van der Waals surface area contributed by atoms with Gasteiger partial charge in [0.2, 0.25) is 0 Å². The summed E-state index contributed by atoms with van der Waals surface area (Å²) in [6, 6.07) is 15.4. The summed E-state index contributed by atoms with van der Waals surface area (Å²) in [5, 5.41) is 0.965. The summed E-state index contributed by atoms with van der Waals surface area (Å²) in [5.74, 6) is -0.466. The monoisotopic (exact) mass is 341 g/mol. The van der Waals surface area contributed by atoms with E-state index in [1.807, 2.05) is 30.3 Å². The number of alkyl halides is 2. The van der Waals surface area contributed by atoms with Crippen LogP contribution in [0.2, 0.25) is 0 Å². The highest BCUT2D eigenvalue weighted by Crippen LogP contribution is 2.22. The third-order valence-corrected chi connectivity index (χ3v) is 3.94. The number of halogens is 2. The van der Waals surface area contributed by atoms with Gasteiger partial charge in [-0.05, 0) is 30.7 Å². The zero-order valence-electron chi connectivity index (χ0n) is 13.7. The number of esters is 1. The number of carbonyl (C=O) groups excluding carboxylic acids is 1. The molecule has 0 saturated heterocycles. The van der Waals surface area contributed by atoms with Crippen molar-refractivity contribution in [3.63, 3.8) is 0 Å².